The van der Waals surface area contributed by atoms with Crippen LogP contribution in [-0.4, -0.2) is 37.2 Å². The van der Waals surface area contributed by atoms with Gasteiger partial charge in [0.15, 0.2) is 0 Å². The first kappa shape index (κ1) is 22.7. The first-order valence-electron chi connectivity index (χ1n) is 10.9. The number of fused-ring (bicyclic) bond motifs is 1. The summed E-state index contributed by atoms with van der Waals surface area (Å²) in [5.74, 6) is 1.77. The minimum absolute atomic E-state index is 0.0152. The minimum atomic E-state index is -2.11. The summed E-state index contributed by atoms with van der Waals surface area (Å²) in [4.78, 5) is 0. The van der Waals surface area contributed by atoms with E-state index in [9.17, 15) is 18.6 Å². The van der Waals surface area contributed by atoms with Crippen LogP contribution in [0.3, 0.4) is 0 Å². The van der Waals surface area contributed by atoms with Crippen molar-refractivity contribution in [2.45, 2.75) is 31.1 Å². The fraction of sp³-hybridized carbons (Fsp3) is 0.269. The second-order valence-electron chi connectivity index (χ2n) is 8.05. The molecule has 0 spiro atoms. The molecule has 0 amide bonds. The molecule has 172 valence electrons. The Balaban J connectivity index is 1.59. The van der Waals surface area contributed by atoms with Crippen LogP contribution in [0.25, 0.3) is 0 Å². The maximum absolute atomic E-state index is 10.6. The molecule has 2 unspecified atom stereocenters. The van der Waals surface area contributed by atoms with E-state index in [4.69, 9.17) is 9.47 Å². The average Bonchev–Trinajstić information content (AvgIpc) is 2.81. The summed E-state index contributed by atoms with van der Waals surface area (Å²) in [6.07, 6.45) is 2.01. The van der Waals surface area contributed by atoms with Crippen LogP contribution >= 0.6 is 0 Å². The van der Waals surface area contributed by atoms with E-state index in [2.05, 4.69) is 6.07 Å². The van der Waals surface area contributed by atoms with Crippen LogP contribution in [0.1, 0.15) is 47.8 Å². The molecule has 0 radical (unpaired) electrons. The molecule has 6 nitrogen and oxygen atoms in total. The molecule has 1 aliphatic heterocycles. The molecule has 0 fully saturated rings. The average molecular weight is 467 g/mol. The summed E-state index contributed by atoms with van der Waals surface area (Å²) in [6.45, 7) is 0.941. The van der Waals surface area contributed by atoms with E-state index in [0.29, 0.717) is 25.4 Å². The number of unbranched alkanes of at least 4 members (excludes halogenated alkanes) is 2. The molecule has 0 bridgehead atoms. The Labute approximate surface area is 194 Å². The highest BCUT2D eigenvalue weighted by Gasteiger charge is 2.33. The second kappa shape index (κ2) is 10.4. The molecular weight excluding hydrogens is 440 g/mol. The highest BCUT2D eigenvalue weighted by Crippen LogP contribution is 2.47. The van der Waals surface area contributed by atoms with Crippen LogP contribution in [0.15, 0.2) is 66.7 Å². The van der Waals surface area contributed by atoms with Gasteiger partial charge in [0.2, 0.25) is 10.3 Å². The number of phenols is 2. The van der Waals surface area contributed by atoms with E-state index in [1.807, 2.05) is 36.4 Å². The topological polar surface area (TPSA) is 93.1 Å². The third kappa shape index (κ3) is 5.68. The van der Waals surface area contributed by atoms with Gasteiger partial charge in [-0.15, -0.1) is 0 Å². The maximum atomic E-state index is 10.6. The van der Waals surface area contributed by atoms with Crippen LogP contribution in [0.4, 0.5) is 0 Å². The standard InChI is InChI=1S/C26H26O6S/c27-20-9-7-18(8-10-20)24-17-32-25-16-21(28)11-12-23(25)26(24)19-5-4-6-22(15-19)31-13-2-1-3-14-33(29)30/h4-12,14-16,24,26-28H,1-3,13,17H2. The number of benzene rings is 3. The first-order chi connectivity index (χ1) is 16.0. The Kier molecular flexibility index (Phi) is 7.19. The van der Waals surface area contributed by atoms with Crippen molar-refractivity contribution in [1.29, 1.82) is 0 Å². The molecule has 2 N–H and O–H groups in total. The van der Waals surface area contributed by atoms with Gasteiger partial charge in [-0.25, -0.2) is 0 Å². The molecule has 7 heteroatoms. The summed E-state index contributed by atoms with van der Waals surface area (Å²) in [5, 5.41) is 20.9. The predicted molar refractivity (Wildman–Crippen MR) is 127 cm³/mol. The van der Waals surface area contributed by atoms with Gasteiger partial charge in [-0.1, -0.05) is 30.3 Å². The van der Waals surface area contributed by atoms with Crippen molar-refractivity contribution < 1.29 is 28.1 Å². The molecule has 1 heterocycles. The predicted octanol–water partition coefficient (Wildman–Crippen LogP) is 4.64. The van der Waals surface area contributed by atoms with E-state index in [-0.39, 0.29) is 23.3 Å². The lowest BCUT2D eigenvalue weighted by Gasteiger charge is -2.34. The lowest BCUT2D eigenvalue weighted by atomic mass is 9.76. The van der Waals surface area contributed by atoms with Crippen LogP contribution in [0.2, 0.25) is 0 Å². The van der Waals surface area contributed by atoms with Gasteiger partial charge in [-0.3, -0.25) is 0 Å². The summed E-state index contributed by atoms with van der Waals surface area (Å²) >= 11 is 0. The maximum Gasteiger partial charge on any atom is 0.209 e. The van der Waals surface area contributed by atoms with E-state index >= 15 is 0 Å². The molecule has 2 atom stereocenters. The molecule has 3 aromatic rings. The fourth-order valence-corrected chi connectivity index (χ4v) is 4.59. The lowest BCUT2D eigenvalue weighted by molar-refractivity contribution is 0.247. The van der Waals surface area contributed by atoms with Gasteiger partial charge in [0, 0.05) is 28.8 Å². The Hall–Kier alpha value is -3.45. The number of aromatic hydroxyl groups is 2. The van der Waals surface area contributed by atoms with Gasteiger partial charge in [0.05, 0.1) is 13.2 Å². The largest absolute Gasteiger partial charge is 0.508 e. The summed E-state index contributed by atoms with van der Waals surface area (Å²) < 4.78 is 33.1. The van der Waals surface area contributed by atoms with Crippen molar-refractivity contribution in [3.05, 3.63) is 83.4 Å². The molecular formula is C26H26O6S. The third-order valence-corrected chi connectivity index (χ3v) is 6.32. The number of rotatable bonds is 8. The lowest BCUT2D eigenvalue weighted by Crippen LogP contribution is -2.25. The smallest absolute Gasteiger partial charge is 0.209 e. The van der Waals surface area contributed by atoms with Gasteiger partial charge in [-0.2, -0.15) is 8.42 Å². The van der Waals surface area contributed by atoms with Crippen molar-refractivity contribution >= 4 is 15.7 Å². The summed E-state index contributed by atoms with van der Waals surface area (Å²) in [5.41, 5.74) is 3.10. The molecule has 0 saturated carbocycles. The highest BCUT2D eigenvalue weighted by atomic mass is 32.2. The number of hydrogen-bond donors (Lipinski definition) is 2. The molecule has 1 aliphatic rings. The zero-order chi connectivity index (χ0) is 23.2. The monoisotopic (exact) mass is 466 g/mol. The van der Waals surface area contributed by atoms with E-state index in [0.717, 1.165) is 35.3 Å². The van der Waals surface area contributed by atoms with Crippen molar-refractivity contribution in [2.75, 3.05) is 13.2 Å². The highest BCUT2D eigenvalue weighted by molar-refractivity contribution is 7.71. The van der Waals surface area contributed by atoms with Crippen LogP contribution in [-0.2, 0) is 10.3 Å². The van der Waals surface area contributed by atoms with Crippen molar-refractivity contribution in [3.8, 4) is 23.0 Å². The summed E-state index contributed by atoms with van der Waals surface area (Å²) in [7, 11) is -2.11. The number of hydrogen-bond acceptors (Lipinski definition) is 6. The SMILES string of the molecule is O=S(=O)=CCCCCOc1cccc(C2c3ccc(O)cc3OCC2c2ccc(O)cc2)c1. The van der Waals surface area contributed by atoms with Gasteiger partial charge in [0.25, 0.3) is 0 Å². The molecule has 33 heavy (non-hydrogen) atoms. The van der Waals surface area contributed by atoms with E-state index in [1.54, 1.807) is 24.3 Å². The quantitative estimate of drug-likeness (QED) is 0.371. The van der Waals surface area contributed by atoms with Gasteiger partial charge in [-0.05, 0) is 60.7 Å². The zero-order valence-corrected chi connectivity index (χ0v) is 18.9. The number of phenolic OH excluding ortho intramolecular Hbond substituents is 2. The molecule has 0 aromatic heterocycles. The normalized spacial score (nSPS) is 17.0. The first-order valence-corrected chi connectivity index (χ1v) is 12.0. The third-order valence-electron chi connectivity index (χ3n) is 5.81. The van der Waals surface area contributed by atoms with Crippen molar-refractivity contribution in [1.82, 2.24) is 0 Å². The van der Waals surface area contributed by atoms with Crippen molar-refractivity contribution in [2.24, 2.45) is 0 Å². The Morgan fingerprint density at radius 3 is 2.52 bits per heavy atom. The van der Waals surface area contributed by atoms with Crippen LogP contribution < -0.4 is 9.47 Å². The molecule has 3 aromatic carbocycles. The van der Waals surface area contributed by atoms with E-state index in [1.165, 1.54) is 5.37 Å². The van der Waals surface area contributed by atoms with E-state index < -0.39 is 10.3 Å². The molecule has 4 rings (SSSR count). The summed E-state index contributed by atoms with van der Waals surface area (Å²) in [6, 6.07) is 20.3. The zero-order valence-electron chi connectivity index (χ0n) is 18.1. The molecule has 0 aliphatic carbocycles. The Morgan fingerprint density at radius 2 is 1.73 bits per heavy atom. The van der Waals surface area contributed by atoms with Gasteiger partial charge >= 0.3 is 0 Å². The molecule has 0 saturated heterocycles. The van der Waals surface area contributed by atoms with Crippen LogP contribution in [0, 0.1) is 0 Å². The minimum Gasteiger partial charge on any atom is -0.508 e. The Morgan fingerprint density at radius 1 is 0.939 bits per heavy atom. The van der Waals surface area contributed by atoms with Gasteiger partial charge < -0.3 is 19.7 Å². The van der Waals surface area contributed by atoms with Crippen LogP contribution in [0.5, 0.6) is 23.0 Å². The Bertz CT molecular complexity index is 1230. The number of ether oxygens (including phenoxy) is 2. The second-order valence-corrected chi connectivity index (χ2v) is 8.91. The van der Waals surface area contributed by atoms with Crippen molar-refractivity contribution in [3.63, 3.8) is 0 Å². The fourth-order valence-electron chi connectivity index (χ4n) is 4.23. The van der Waals surface area contributed by atoms with Gasteiger partial charge in [0.1, 0.15) is 23.0 Å².